The topological polar surface area (TPSA) is 51.2 Å². The summed E-state index contributed by atoms with van der Waals surface area (Å²) in [6, 6.07) is 0. The van der Waals surface area contributed by atoms with Crippen LogP contribution >= 0.6 is 0 Å². The van der Waals surface area contributed by atoms with Gasteiger partial charge in [-0.05, 0) is 27.2 Å². The standard InChI is InChI=1S/C12H20O3/c1-5-6-7-11(10(4)14)12(15)8(2)9(3)13/h8,11H,5-7H2,1-4H3. The molecule has 0 aromatic carbocycles. The minimum atomic E-state index is -0.643. The molecule has 2 atom stereocenters. The molecule has 0 aliphatic rings. The molecular formula is C12H20O3. The predicted molar refractivity (Wildman–Crippen MR) is 58.5 cm³/mol. The van der Waals surface area contributed by atoms with Crippen molar-refractivity contribution in [2.24, 2.45) is 11.8 Å². The van der Waals surface area contributed by atoms with E-state index in [1.54, 1.807) is 6.92 Å². The van der Waals surface area contributed by atoms with Crippen molar-refractivity contribution < 1.29 is 14.4 Å². The van der Waals surface area contributed by atoms with E-state index in [1.165, 1.54) is 13.8 Å². The van der Waals surface area contributed by atoms with Crippen molar-refractivity contribution >= 4 is 17.3 Å². The van der Waals surface area contributed by atoms with Crippen molar-refractivity contribution in [2.75, 3.05) is 0 Å². The summed E-state index contributed by atoms with van der Waals surface area (Å²) in [6.45, 7) is 6.40. The number of rotatable bonds is 7. The first-order valence-corrected chi connectivity index (χ1v) is 5.46. The molecule has 0 bridgehead atoms. The van der Waals surface area contributed by atoms with Gasteiger partial charge in [-0.1, -0.05) is 19.8 Å². The van der Waals surface area contributed by atoms with E-state index in [9.17, 15) is 14.4 Å². The third kappa shape index (κ3) is 4.36. The molecule has 0 radical (unpaired) electrons. The van der Waals surface area contributed by atoms with Crippen LogP contribution in [0.25, 0.3) is 0 Å². The zero-order chi connectivity index (χ0) is 12.0. The number of unbranched alkanes of at least 4 members (excludes halogenated alkanes) is 1. The van der Waals surface area contributed by atoms with E-state index in [0.717, 1.165) is 12.8 Å². The Morgan fingerprint density at radius 1 is 1.07 bits per heavy atom. The molecule has 0 saturated heterocycles. The third-order valence-electron chi connectivity index (χ3n) is 2.72. The second kappa shape index (κ2) is 6.49. The van der Waals surface area contributed by atoms with Crippen molar-refractivity contribution in [1.29, 1.82) is 0 Å². The lowest BCUT2D eigenvalue weighted by Crippen LogP contribution is -2.30. The zero-order valence-electron chi connectivity index (χ0n) is 10.0. The van der Waals surface area contributed by atoms with Crippen LogP contribution in [0, 0.1) is 11.8 Å². The van der Waals surface area contributed by atoms with Gasteiger partial charge in [0.15, 0.2) is 5.78 Å². The molecule has 2 unspecified atom stereocenters. The summed E-state index contributed by atoms with van der Waals surface area (Å²) >= 11 is 0. The van der Waals surface area contributed by atoms with Gasteiger partial charge in [0, 0.05) is 0 Å². The van der Waals surface area contributed by atoms with Gasteiger partial charge in [-0.2, -0.15) is 0 Å². The smallest absolute Gasteiger partial charge is 0.153 e. The Labute approximate surface area is 91.2 Å². The van der Waals surface area contributed by atoms with Crippen molar-refractivity contribution in [1.82, 2.24) is 0 Å². The Morgan fingerprint density at radius 3 is 1.93 bits per heavy atom. The number of hydrogen-bond acceptors (Lipinski definition) is 3. The first kappa shape index (κ1) is 14.0. The largest absolute Gasteiger partial charge is 0.299 e. The summed E-state index contributed by atoms with van der Waals surface area (Å²) in [4.78, 5) is 34.1. The minimum Gasteiger partial charge on any atom is -0.299 e. The van der Waals surface area contributed by atoms with Crippen LogP contribution in [0.3, 0.4) is 0 Å². The summed E-state index contributed by atoms with van der Waals surface area (Å²) in [7, 11) is 0. The highest BCUT2D eigenvalue weighted by molar-refractivity contribution is 6.10. The van der Waals surface area contributed by atoms with Gasteiger partial charge in [0.2, 0.25) is 0 Å². The molecule has 0 spiro atoms. The van der Waals surface area contributed by atoms with E-state index < -0.39 is 11.8 Å². The van der Waals surface area contributed by atoms with Crippen LogP contribution in [0.5, 0.6) is 0 Å². The average molecular weight is 212 g/mol. The monoisotopic (exact) mass is 212 g/mol. The van der Waals surface area contributed by atoms with Crippen LogP contribution in [0.2, 0.25) is 0 Å². The van der Waals surface area contributed by atoms with Crippen molar-refractivity contribution in [3.05, 3.63) is 0 Å². The van der Waals surface area contributed by atoms with Gasteiger partial charge in [-0.3, -0.25) is 14.4 Å². The summed E-state index contributed by atoms with van der Waals surface area (Å²) in [5.74, 6) is -1.73. The lowest BCUT2D eigenvalue weighted by atomic mass is 9.86. The highest BCUT2D eigenvalue weighted by Crippen LogP contribution is 2.16. The molecule has 0 aliphatic heterocycles. The van der Waals surface area contributed by atoms with Gasteiger partial charge in [-0.25, -0.2) is 0 Å². The second-order valence-electron chi connectivity index (χ2n) is 4.04. The molecule has 0 heterocycles. The highest BCUT2D eigenvalue weighted by Gasteiger charge is 2.29. The molecule has 0 amide bonds. The van der Waals surface area contributed by atoms with Gasteiger partial charge in [0.05, 0.1) is 11.8 Å². The highest BCUT2D eigenvalue weighted by atomic mass is 16.2. The summed E-state index contributed by atoms with van der Waals surface area (Å²) in [5, 5.41) is 0. The molecule has 3 heteroatoms. The third-order valence-corrected chi connectivity index (χ3v) is 2.72. The quantitative estimate of drug-likeness (QED) is 0.608. The Balaban J connectivity index is 4.55. The predicted octanol–water partition coefficient (Wildman–Crippen LogP) is 2.18. The van der Waals surface area contributed by atoms with E-state index in [1.807, 2.05) is 6.92 Å². The molecular weight excluding hydrogens is 192 g/mol. The maximum Gasteiger partial charge on any atom is 0.153 e. The van der Waals surface area contributed by atoms with E-state index >= 15 is 0 Å². The Morgan fingerprint density at radius 2 is 1.60 bits per heavy atom. The van der Waals surface area contributed by atoms with Gasteiger partial charge < -0.3 is 0 Å². The maximum atomic E-state index is 11.8. The maximum absolute atomic E-state index is 11.8. The molecule has 0 rings (SSSR count). The number of carbonyl (C=O) groups excluding carboxylic acids is 3. The fourth-order valence-electron chi connectivity index (χ4n) is 1.46. The van der Waals surface area contributed by atoms with Crippen molar-refractivity contribution in [2.45, 2.75) is 47.0 Å². The van der Waals surface area contributed by atoms with Crippen LogP contribution in [0.1, 0.15) is 47.0 Å². The molecule has 0 saturated carbocycles. The van der Waals surface area contributed by atoms with Crippen molar-refractivity contribution in [3.63, 3.8) is 0 Å². The van der Waals surface area contributed by atoms with Crippen LogP contribution in [0.4, 0.5) is 0 Å². The average Bonchev–Trinajstić information content (AvgIpc) is 2.16. The number of ketones is 3. The Hall–Kier alpha value is -0.990. The molecule has 0 aliphatic carbocycles. The van der Waals surface area contributed by atoms with Crippen LogP contribution in [0.15, 0.2) is 0 Å². The Bertz CT molecular complexity index is 256. The molecule has 0 aromatic heterocycles. The van der Waals surface area contributed by atoms with E-state index in [2.05, 4.69) is 0 Å². The minimum absolute atomic E-state index is 0.124. The van der Waals surface area contributed by atoms with Gasteiger partial charge in [-0.15, -0.1) is 0 Å². The zero-order valence-corrected chi connectivity index (χ0v) is 10.0. The second-order valence-corrected chi connectivity index (χ2v) is 4.04. The van der Waals surface area contributed by atoms with E-state index in [4.69, 9.17) is 0 Å². The van der Waals surface area contributed by atoms with Crippen molar-refractivity contribution in [3.8, 4) is 0 Å². The van der Waals surface area contributed by atoms with Crippen LogP contribution < -0.4 is 0 Å². The Kier molecular flexibility index (Phi) is 6.06. The van der Waals surface area contributed by atoms with Crippen LogP contribution in [-0.2, 0) is 14.4 Å². The lowest BCUT2D eigenvalue weighted by molar-refractivity contribution is -0.137. The normalized spacial score (nSPS) is 14.4. The molecule has 3 nitrogen and oxygen atoms in total. The number of carbonyl (C=O) groups is 3. The fourth-order valence-corrected chi connectivity index (χ4v) is 1.46. The molecule has 15 heavy (non-hydrogen) atoms. The fraction of sp³-hybridized carbons (Fsp3) is 0.750. The first-order chi connectivity index (χ1) is 6.91. The summed E-state index contributed by atoms with van der Waals surface area (Å²) in [5.41, 5.74) is 0. The molecule has 86 valence electrons. The van der Waals surface area contributed by atoms with E-state index in [0.29, 0.717) is 6.42 Å². The SMILES string of the molecule is CCCCC(C(C)=O)C(=O)C(C)C(C)=O. The van der Waals surface area contributed by atoms with Gasteiger partial charge >= 0.3 is 0 Å². The van der Waals surface area contributed by atoms with Gasteiger partial charge in [0.25, 0.3) is 0 Å². The number of hydrogen-bond donors (Lipinski definition) is 0. The first-order valence-electron chi connectivity index (χ1n) is 5.46. The molecule has 0 N–H and O–H groups in total. The molecule has 0 aromatic rings. The lowest BCUT2D eigenvalue weighted by Gasteiger charge is -2.15. The number of Topliss-reactive ketones (excluding diaryl/α,β-unsaturated/α-hetero) is 3. The van der Waals surface area contributed by atoms with E-state index in [-0.39, 0.29) is 17.3 Å². The summed E-state index contributed by atoms with van der Waals surface area (Å²) in [6.07, 6.45) is 2.37. The van der Waals surface area contributed by atoms with Crippen LogP contribution in [-0.4, -0.2) is 17.3 Å². The molecule has 0 fully saturated rings. The summed E-state index contributed by atoms with van der Waals surface area (Å²) < 4.78 is 0. The van der Waals surface area contributed by atoms with Gasteiger partial charge in [0.1, 0.15) is 11.6 Å².